The van der Waals surface area contributed by atoms with Crippen molar-refractivity contribution in [2.24, 2.45) is 0 Å². The summed E-state index contributed by atoms with van der Waals surface area (Å²) in [5.74, 6) is -2.16. The van der Waals surface area contributed by atoms with Crippen LogP contribution in [0.2, 0.25) is 0 Å². The monoisotopic (exact) mass is 412 g/mol. The molecule has 1 aliphatic rings. The molecule has 0 aromatic heterocycles. The number of carboxylic acids is 1. The maximum atomic E-state index is 12.2. The van der Waals surface area contributed by atoms with E-state index in [1.165, 1.54) is 12.1 Å². The minimum absolute atomic E-state index is 0.00000685. The Bertz CT molecular complexity index is 775. The standard InChI is InChI=1S/C15H13BrN2O7/c1-24-13(21)6-18-14(22)10(17-15(18)23)5-8-2-3-11(9(16)4-8)25-7-12(19)20/h2-5H,6-7H2,1H3,(H,17,23)(H,19,20)/b10-5+. The Balaban J connectivity index is 2.16. The van der Waals surface area contributed by atoms with E-state index in [1.54, 1.807) is 12.1 Å². The van der Waals surface area contributed by atoms with Gasteiger partial charge in [-0.05, 0) is 39.7 Å². The Labute approximate surface area is 150 Å². The topological polar surface area (TPSA) is 122 Å². The van der Waals surface area contributed by atoms with Crippen molar-refractivity contribution in [3.8, 4) is 5.75 Å². The molecule has 9 nitrogen and oxygen atoms in total. The third-order valence-electron chi connectivity index (χ3n) is 3.10. The van der Waals surface area contributed by atoms with E-state index < -0.39 is 37.0 Å². The number of urea groups is 1. The number of carboxylic acid groups (broad SMARTS) is 1. The molecule has 2 rings (SSSR count). The van der Waals surface area contributed by atoms with E-state index in [0.717, 1.165) is 12.0 Å². The molecule has 0 unspecified atom stereocenters. The minimum Gasteiger partial charge on any atom is -0.481 e. The van der Waals surface area contributed by atoms with E-state index in [9.17, 15) is 19.2 Å². The predicted octanol–water partition coefficient (Wildman–Crippen LogP) is 0.978. The van der Waals surface area contributed by atoms with E-state index >= 15 is 0 Å². The molecule has 0 atom stereocenters. The number of hydrogen-bond donors (Lipinski definition) is 2. The molecule has 132 valence electrons. The average Bonchev–Trinajstić information content (AvgIpc) is 2.81. The number of benzene rings is 1. The summed E-state index contributed by atoms with van der Waals surface area (Å²) in [6.45, 7) is -0.972. The van der Waals surface area contributed by atoms with Gasteiger partial charge in [0.15, 0.2) is 6.61 Å². The molecule has 0 aliphatic carbocycles. The lowest BCUT2D eigenvalue weighted by Gasteiger charge is -2.09. The highest BCUT2D eigenvalue weighted by Crippen LogP contribution is 2.27. The Hall–Kier alpha value is -2.88. The molecule has 1 aromatic carbocycles. The molecule has 25 heavy (non-hydrogen) atoms. The maximum Gasteiger partial charge on any atom is 0.341 e. The molecule has 0 spiro atoms. The average molecular weight is 413 g/mol. The largest absolute Gasteiger partial charge is 0.481 e. The summed E-state index contributed by atoms with van der Waals surface area (Å²) in [7, 11) is 1.16. The number of amides is 3. The van der Waals surface area contributed by atoms with Crippen LogP contribution in [0.3, 0.4) is 0 Å². The highest BCUT2D eigenvalue weighted by Gasteiger charge is 2.35. The van der Waals surface area contributed by atoms with Gasteiger partial charge in [0.1, 0.15) is 18.0 Å². The smallest absolute Gasteiger partial charge is 0.341 e. The summed E-state index contributed by atoms with van der Waals surface area (Å²) in [4.78, 5) is 46.4. The second kappa shape index (κ2) is 7.79. The molecule has 0 saturated carbocycles. The summed E-state index contributed by atoms with van der Waals surface area (Å²) in [5.41, 5.74) is 0.554. The quantitative estimate of drug-likeness (QED) is 0.405. The number of aliphatic carboxylic acids is 1. The van der Waals surface area contributed by atoms with Crippen LogP contribution in [0.25, 0.3) is 6.08 Å². The summed E-state index contributed by atoms with van der Waals surface area (Å²) < 4.78 is 9.99. The first-order valence-electron chi connectivity index (χ1n) is 6.87. The Kier molecular flexibility index (Phi) is 5.75. The number of carbonyl (C=O) groups is 4. The van der Waals surface area contributed by atoms with Crippen molar-refractivity contribution >= 4 is 45.9 Å². The zero-order valence-electron chi connectivity index (χ0n) is 12.9. The lowest BCUT2D eigenvalue weighted by Crippen LogP contribution is -2.36. The molecule has 0 radical (unpaired) electrons. The van der Waals surface area contributed by atoms with E-state index in [1.807, 2.05) is 0 Å². The van der Waals surface area contributed by atoms with E-state index in [-0.39, 0.29) is 5.70 Å². The van der Waals surface area contributed by atoms with Gasteiger partial charge in [0.2, 0.25) is 0 Å². The number of rotatable bonds is 6. The van der Waals surface area contributed by atoms with Crippen LogP contribution in [0.4, 0.5) is 4.79 Å². The second-order valence-electron chi connectivity index (χ2n) is 4.83. The molecular formula is C15H13BrN2O7. The Morgan fingerprint density at radius 2 is 2.08 bits per heavy atom. The zero-order valence-corrected chi connectivity index (χ0v) is 14.5. The van der Waals surface area contributed by atoms with E-state index in [0.29, 0.717) is 15.8 Å². The van der Waals surface area contributed by atoms with Gasteiger partial charge in [-0.3, -0.25) is 9.59 Å². The normalized spacial score (nSPS) is 15.3. The maximum absolute atomic E-state index is 12.2. The number of ether oxygens (including phenoxy) is 2. The minimum atomic E-state index is -1.11. The van der Waals surface area contributed by atoms with Crippen molar-refractivity contribution in [2.45, 2.75) is 0 Å². The van der Waals surface area contributed by atoms with Gasteiger partial charge >= 0.3 is 18.0 Å². The van der Waals surface area contributed by atoms with Gasteiger partial charge in [-0.25, -0.2) is 14.5 Å². The second-order valence-corrected chi connectivity index (χ2v) is 5.68. The zero-order chi connectivity index (χ0) is 18.6. The Morgan fingerprint density at radius 3 is 2.68 bits per heavy atom. The number of nitrogens with zero attached hydrogens (tertiary/aromatic N) is 1. The van der Waals surface area contributed by atoms with Crippen molar-refractivity contribution in [1.29, 1.82) is 0 Å². The van der Waals surface area contributed by atoms with Crippen molar-refractivity contribution in [3.05, 3.63) is 33.9 Å². The van der Waals surface area contributed by atoms with Gasteiger partial charge in [0.25, 0.3) is 5.91 Å². The summed E-state index contributed by atoms with van der Waals surface area (Å²) in [5, 5.41) is 11.0. The van der Waals surface area contributed by atoms with Crippen LogP contribution < -0.4 is 10.1 Å². The van der Waals surface area contributed by atoms with Gasteiger partial charge in [0, 0.05) is 0 Å². The number of hydrogen-bond acceptors (Lipinski definition) is 6. The summed E-state index contributed by atoms with van der Waals surface area (Å²) >= 11 is 3.24. The van der Waals surface area contributed by atoms with Gasteiger partial charge in [0.05, 0.1) is 11.6 Å². The highest BCUT2D eigenvalue weighted by molar-refractivity contribution is 9.10. The number of methoxy groups -OCH3 is 1. The lowest BCUT2D eigenvalue weighted by atomic mass is 10.2. The van der Waals surface area contributed by atoms with Crippen LogP contribution in [0.5, 0.6) is 5.75 Å². The van der Waals surface area contributed by atoms with E-state index in [4.69, 9.17) is 9.84 Å². The summed E-state index contributed by atoms with van der Waals surface area (Å²) in [6, 6.07) is 3.97. The first-order chi connectivity index (χ1) is 11.8. The number of imide groups is 1. The lowest BCUT2D eigenvalue weighted by molar-refractivity contribution is -0.143. The molecule has 1 aromatic rings. The fraction of sp³-hybridized carbons (Fsp3) is 0.200. The molecule has 0 bridgehead atoms. The molecular weight excluding hydrogens is 400 g/mol. The van der Waals surface area contributed by atoms with Gasteiger partial charge in [-0.15, -0.1) is 0 Å². The fourth-order valence-electron chi connectivity index (χ4n) is 1.94. The predicted molar refractivity (Wildman–Crippen MR) is 87.5 cm³/mol. The number of nitrogens with one attached hydrogen (secondary N) is 1. The molecule has 1 aliphatic heterocycles. The van der Waals surface area contributed by atoms with Crippen LogP contribution in [-0.4, -0.2) is 54.1 Å². The molecule has 3 amide bonds. The van der Waals surface area contributed by atoms with Crippen LogP contribution in [0.15, 0.2) is 28.4 Å². The first kappa shape index (κ1) is 18.5. The van der Waals surface area contributed by atoms with Crippen LogP contribution >= 0.6 is 15.9 Å². The first-order valence-corrected chi connectivity index (χ1v) is 7.66. The van der Waals surface area contributed by atoms with Crippen molar-refractivity contribution in [3.63, 3.8) is 0 Å². The number of esters is 1. The van der Waals surface area contributed by atoms with Crippen molar-refractivity contribution in [1.82, 2.24) is 10.2 Å². The molecule has 10 heteroatoms. The fourth-order valence-corrected chi connectivity index (χ4v) is 2.45. The van der Waals surface area contributed by atoms with Crippen molar-refractivity contribution < 1.29 is 33.8 Å². The third-order valence-corrected chi connectivity index (χ3v) is 3.71. The molecule has 1 heterocycles. The Morgan fingerprint density at radius 1 is 1.36 bits per heavy atom. The summed E-state index contributed by atoms with van der Waals surface area (Å²) in [6.07, 6.45) is 1.42. The van der Waals surface area contributed by atoms with Gasteiger partial charge in [-0.2, -0.15) is 0 Å². The molecule has 2 N–H and O–H groups in total. The van der Waals surface area contributed by atoms with Gasteiger partial charge < -0.3 is 19.9 Å². The van der Waals surface area contributed by atoms with E-state index in [2.05, 4.69) is 26.0 Å². The SMILES string of the molecule is COC(=O)CN1C(=O)N/C(=C/c2ccc(OCC(=O)O)c(Br)c2)C1=O. The highest BCUT2D eigenvalue weighted by atomic mass is 79.9. The van der Waals surface area contributed by atoms with Gasteiger partial charge in [-0.1, -0.05) is 6.07 Å². The number of halogens is 1. The molecule has 1 saturated heterocycles. The van der Waals surface area contributed by atoms with Crippen molar-refractivity contribution in [2.75, 3.05) is 20.3 Å². The van der Waals surface area contributed by atoms with Crippen LogP contribution in [-0.2, 0) is 19.1 Å². The molecule has 1 fully saturated rings. The third kappa shape index (κ3) is 4.57. The van der Waals surface area contributed by atoms with Crippen LogP contribution in [0, 0.1) is 0 Å². The van der Waals surface area contributed by atoms with Crippen LogP contribution in [0.1, 0.15) is 5.56 Å². The number of carbonyl (C=O) groups excluding carboxylic acids is 3.